The molecule has 0 aromatic carbocycles. The lowest BCUT2D eigenvalue weighted by Gasteiger charge is -2.36. The standard InChI is InChI=1S/C14H29NOS2/c1-4-13-14(18-11-10-17-13)12(15-5-2)8-6-7-9-16-3/h12-15H,4-11H2,1-3H3. The molecule has 0 bridgehead atoms. The van der Waals surface area contributed by atoms with Gasteiger partial charge in [0.15, 0.2) is 0 Å². The van der Waals surface area contributed by atoms with E-state index in [1.807, 2.05) is 0 Å². The van der Waals surface area contributed by atoms with Gasteiger partial charge in [0.25, 0.3) is 0 Å². The summed E-state index contributed by atoms with van der Waals surface area (Å²) in [6, 6.07) is 0.689. The smallest absolute Gasteiger partial charge is 0.0462 e. The molecule has 1 aliphatic heterocycles. The van der Waals surface area contributed by atoms with E-state index in [1.165, 1.54) is 37.2 Å². The van der Waals surface area contributed by atoms with Crippen molar-refractivity contribution in [2.24, 2.45) is 0 Å². The molecule has 4 heteroatoms. The van der Waals surface area contributed by atoms with E-state index in [1.54, 1.807) is 7.11 Å². The van der Waals surface area contributed by atoms with E-state index < -0.39 is 0 Å². The predicted molar refractivity (Wildman–Crippen MR) is 86.0 cm³/mol. The molecule has 1 aliphatic rings. The van der Waals surface area contributed by atoms with E-state index >= 15 is 0 Å². The zero-order valence-corrected chi connectivity index (χ0v) is 13.7. The third-order valence-corrected chi connectivity index (χ3v) is 6.88. The van der Waals surface area contributed by atoms with Crippen molar-refractivity contribution in [2.45, 2.75) is 56.1 Å². The molecule has 18 heavy (non-hydrogen) atoms. The highest BCUT2D eigenvalue weighted by molar-refractivity contribution is 8.07. The maximum Gasteiger partial charge on any atom is 0.0462 e. The van der Waals surface area contributed by atoms with E-state index in [9.17, 15) is 0 Å². The van der Waals surface area contributed by atoms with Crippen molar-refractivity contribution >= 4 is 23.5 Å². The van der Waals surface area contributed by atoms with Gasteiger partial charge in [-0.1, -0.05) is 13.8 Å². The molecule has 1 rings (SSSR count). The lowest BCUT2D eigenvalue weighted by Crippen LogP contribution is -2.45. The van der Waals surface area contributed by atoms with Crippen LogP contribution in [0.25, 0.3) is 0 Å². The van der Waals surface area contributed by atoms with Crippen molar-refractivity contribution in [2.75, 3.05) is 31.8 Å². The Kier molecular flexibility index (Phi) is 9.65. The zero-order chi connectivity index (χ0) is 13.2. The highest BCUT2D eigenvalue weighted by Crippen LogP contribution is 2.36. The van der Waals surface area contributed by atoms with Crippen molar-refractivity contribution in [3.8, 4) is 0 Å². The highest BCUT2D eigenvalue weighted by atomic mass is 32.2. The minimum absolute atomic E-state index is 0.689. The number of rotatable bonds is 9. The molecule has 1 heterocycles. The Morgan fingerprint density at radius 1 is 1.22 bits per heavy atom. The summed E-state index contributed by atoms with van der Waals surface area (Å²) in [5, 5.41) is 5.36. The molecule has 3 atom stereocenters. The number of hydrogen-bond acceptors (Lipinski definition) is 4. The van der Waals surface area contributed by atoms with E-state index in [2.05, 4.69) is 42.7 Å². The van der Waals surface area contributed by atoms with Crippen LogP contribution in [0.4, 0.5) is 0 Å². The topological polar surface area (TPSA) is 21.3 Å². The summed E-state index contributed by atoms with van der Waals surface area (Å²) in [4.78, 5) is 0. The molecule has 1 saturated heterocycles. The average molecular weight is 292 g/mol. The van der Waals surface area contributed by atoms with Crippen LogP contribution in [-0.2, 0) is 4.74 Å². The van der Waals surface area contributed by atoms with Crippen LogP contribution < -0.4 is 5.32 Å². The van der Waals surface area contributed by atoms with Crippen LogP contribution in [0.15, 0.2) is 0 Å². The van der Waals surface area contributed by atoms with Crippen LogP contribution in [0, 0.1) is 0 Å². The molecule has 2 nitrogen and oxygen atoms in total. The summed E-state index contributed by atoms with van der Waals surface area (Å²) in [6.45, 7) is 6.56. The summed E-state index contributed by atoms with van der Waals surface area (Å²) in [7, 11) is 1.79. The van der Waals surface area contributed by atoms with Crippen LogP contribution in [0.3, 0.4) is 0 Å². The molecule has 0 aromatic rings. The Hall–Kier alpha value is 0.620. The lowest BCUT2D eigenvalue weighted by molar-refractivity contribution is 0.190. The second-order valence-electron chi connectivity index (χ2n) is 4.81. The summed E-state index contributed by atoms with van der Waals surface area (Å²) < 4.78 is 5.14. The molecule has 0 aromatic heterocycles. The first kappa shape index (κ1) is 16.7. The molecule has 0 saturated carbocycles. The fourth-order valence-electron chi connectivity index (χ4n) is 2.57. The molecule has 1 N–H and O–H groups in total. The fourth-order valence-corrected chi connectivity index (χ4v) is 5.87. The lowest BCUT2D eigenvalue weighted by atomic mass is 10.0. The van der Waals surface area contributed by atoms with Gasteiger partial charge in [-0.3, -0.25) is 0 Å². The molecule has 1 fully saturated rings. The monoisotopic (exact) mass is 291 g/mol. The second-order valence-corrected chi connectivity index (χ2v) is 7.44. The van der Waals surface area contributed by atoms with Gasteiger partial charge in [-0.2, -0.15) is 23.5 Å². The predicted octanol–water partition coefficient (Wildman–Crippen LogP) is 3.41. The van der Waals surface area contributed by atoms with Crippen LogP contribution in [-0.4, -0.2) is 48.3 Å². The quantitative estimate of drug-likeness (QED) is 0.657. The summed E-state index contributed by atoms with van der Waals surface area (Å²) in [5.41, 5.74) is 0. The fraction of sp³-hybridized carbons (Fsp3) is 1.00. The van der Waals surface area contributed by atoms with Gasteiger partial charge in [-0.05, 0) is 32.2 Å². The normalized spacial score (nSPS) is 26.2. The molecular weight excluding hydrogens is 262 g/mol. The van der Waals surface area contributed by atoms with Crippen LogP contribution in [0.5, 0.6) is 0 Å². The summed E-state index contributed by atoms with van der Waals surface area (Å²) >= 11 is 4.38. The summed E-state index contributed by atoms with van der Waals surface area (Å²) in [5.74, 6) is 2.66. The number of methoxy groups -OCH3 is 1. The van der Waals surface area contributed by atoms with Gasteiger partial charge in [0, 0.05) is 41.8 Å². The van der Waals surface area contributed by atoms with E-state index in [-0.39, 0.29) is 0 Å². The second kappa shape index (κ2) is 10.4. The van der Waals surface area contributed by atoms with E-state index in [0.29, 0.717) is 6.04 Å². The molecule has 0 spiro atoms. The first-order valence-corrected chi connectivity index (χ1v) is 9.38. The van der Waals surface area contributed by atoms with Crippen LogP contribution >= 0.6 is 23.5 Å². The van der Waals surface area contributed by atoms with Gasteiger partial charge in [-0.15, -0.1) is 0 Å². The highest BCUT2D eigenvalue weighted by Gasteiger charge is 2.31. The number of ether oxygens (including phenoxy) is 1. The Labute approximate surface area is 121 Å². The van der Waals surface area contributed by atoms with E-state index in [0.717, 1.165) is 23.7 Å². The summed E-state index contributed by atoms with van der Waals surface area (Å²) in [6.07, 6.45) is 5.08. The molecule has 3 unspecified atom stereocenters. The Balaban J connectivity index is 2.42. The SMILES string of the molecule is CCNC(CCCCOC)C1SCCSC1CC. The number of hydrogen-bond donors (Lipinski definition) is 1. The Morgan fingerprint density at radius 2 is 2.00 bits per heavy atom. The third-order valence-electron chi connectivity index (χ3n) is 3.47. The van der Waals surface area contributed by atoms with Gasteiger partial charge < -0.3 is 10.1 Å². The number of nitrogens with one attached hydrogen (secondary N) is 1. The molecule has 0 aliphatic carbocycles. The van der Waals surface area contributed by atoms with Crippen molar-refractivity contribution in [3.63, 3.8) is 0 Å². The first-order chi connectivity index (χ1) is 8.83. The van der Waals surface area contributed by atoms with Crippen LogP contribution in [0.2, 0.25) is 0 Å². The maximum absolute atomic E-state index is 5.14. The largest absolute Gasteiger partial charge is 0.385 e. The van der Waals surface area contributed by atoms with Crippen molar-refractivity contribution in [3.05, 3.63) is 0 Å². The minimum Gasteiger partial charge on any atom is -0.385 e. The van der Waals surface area contributed by atoms with Gasteiger partial charge >= 0.3 is 0 Å². The van der Waals surface area contributed by atoms with Crippen LogP contribution in [0.1, 0.15) is 39.5 Å². The first-order valence-electron chi connectivity index (χ1n) is 7.29. The van der Waals surface area contributed by atoms with Gasteiger partial charge in [0.2, 0.25) is 0 Å². The molecule has 0 radical (unpaired) electrons. The van der Waals surface area contributed by atoms with Crippen molar-refractivity contribution in [1.82, 2.24) is 5.32 Å². The molecular formula is C14H29NOS2. The Morgan fingerprint density at radius 3 is 2.67 bits per heavy atom. The van der Waals surface area contributed by atoms with E-state index in [4.69, 9.17) is 4.74 Å². The van der Waals surface area contributed by atoms with Gasteiger partial charge in [0.05, 0.1) is 0 Å². The van der Waals surface area contributed by atoms with Gasteiger partial charge in [-0.25, -0.2) is 0 Å². The maximum atomic E-state index is 5.14. The van der Waals surface area contributed by atoms with Gasteiger partial charge in [0.1, 0.15) is 0 Å². The number of thioether (sulfide) groups is 2. The Bertz CT molecular complexity index is 204. The molecule has 0 amide bonds. The van der Waals surface area contributed by atoms with Crippen molar-refractivity contribution in [1.29, 1.82) is 0 Å². The number of unbranched alkanes of at least 4 members (excludes halogenated alkanes) is 1. The average Bonchev–Trinajstić information content (AvgIpc) is 2.42. The van der Waals surface area contributed by atoms with Crippen molar-refractivity contribution < 1.29 is 4.74 Å². The molecule has 108 valence electrons. The third kappa shape index (κ3) is 5.72. The minimum atomic E-state index is 0.689. The zero-order valence-electron chi connectivity index (χ0n) is 12.1.